The van der Waals surface area contributed by atoms with Gasteiger partial charge in [0.05, 0.1) is 0 Å². The van der Waals surface area contributed by atoms with E-state index >= 15 is 0 Å². The van der Waals surface area contributed by atoms with Gasteiger partial charge in [0.1, 0.15) is 5.88 Å². The van der Waals surface area contributed by atoms with Gasteiger partial charge in [-0.25, -0.2) is 0 Å². The summed E-state index contributed by atoms with van der Waals surface area (Å²) < 4.78 is 0. The van der Waals surface area contributed by atoms with Gasteiger partial charge in [0.2, 0.25) is 5.91 Å². The fourth-order valence-electron chi connectivity index (χ4n) is 2.25. The van der Waals surface area contributed by atoms with Crippen LogP contribution in [-0.4, -0.2) is 36.8 Å². The van der Waals surface area contributed by atoms with Crippen LogP contribution in [0.5, 0.6) is 0 Å². The van der Waals surface area contributed by atoms with Gasteiger partial charge in [0.25, 0.3) is 0 Å². The van der Waals surface area contributed by atoms with Crippen molar-refractivity contribution >= 4 is 23.2 Å². The first-order chi connectivity index (χ1) is 8.70. The highest BCUT2D eigenvalue weighted by molar-refractivity contribution is 6.27. The molecule has 0 unspecified atom stereocenters. The van der Waals surface area contributed by atoms with Gasteiger partial charge in [-0.05, 0) is 30.5 Å². The van der Waals surface area contributed by atoms with E-state index in [1.807, 2.05) is 0 Å². The number of benzene rings is 1. The Kier molecular flexibility index (Phi) is 4.48. The summed E-state index contributed by atoms with van der Waals surface area (Å²) in [5.74, 6) is 0.00261. The Hall–Kier alpha value is -1.22. The molecule has 1 fully saturated rings. The van der Waals surface area contributed by atoms with Gasteiger partial charge in [-0.2, -0.15) is 0 Å². The molecule has 0 aliphatic carbocycles. The summed E-state index contributed by atoms with van der Waals surface area (Å²) in [6.45, 7) is 2.93. The quantitative estimate of drug-likeness (QED) is 0.782. The Bertz CT molecular complexity index is 399. The molecule has 2 rings (SSSR count). The average molecular weight is 267 g/mol. The third-order valence-corrected chi connectivity index (χ3v) is 3.60. The summed E-state index contributed by atoms with van der Waals surface area (Å²) in [5, 5.41) is 0. The van der Waals surface area contributed by atoms with Gasteiger partial charge in [-0.1, -0.05) is 12.1 Å². The molecule has 1 aromatic carbocycles. The van der Waals surface area contributed by atoms with E-state index < -0.39 is 0 Å². The Balaban J connectivity index is 1.97. The Morgan fingerprint density at radius 3 is 2.44 bits per heavy atom. The lowest BCUT2D eigenvalue weighted by atomic mass is 10.2. The normalized spacial score (nSPS) is 14.9. The molecule has 1 saturated heterocycles. The number of alkyl halides is 1. The first-order valence-corrected chi connectivity index (χ1v) is 6.88. The lowest BCUT2D eigenvalue weighted by molar-refractivity contribution is -0.127. The summed E-state index contributed by atoms with van der Waals surface area (Å²) in [5.41, 5.74) is 2.42. The third-order valence-electron chi connectivity index (χ3n) is 3.37. The van der Waals surface area contributed by atoms with Crippen molar-refractivity contribution in [2.24, 2.45) is 0 Å². The zero-order valence-electron chi connectivity index (χ0n) is 10.7. The number of nitrogens with zero attached hydrogens (tertiary/aromatic N) is 2. The fourth-order valence-corrected chi connectivity index (χ4v) is 2.46. The topological polar surface area (TPSA) is 23.6 Å². The maximum Gasteiger partial charge on any atom is 0.237 e. The van der Waals surface area contributed by atoms with Crippen molar-refractivity contribution in [3.05, 3.63) is 29.8 Å². The predicted molar refractivity (Wildman–Crippen MR) is 75.1 cm³/mol. The second kappa shape index (κ2) is 6.10. The van der Waals surface area contributed by atoms with Crippen molar-refractivity contribution in [2.45, 2.75) is 19.4 Å². The van der Waals surface area contributed by atoms with E-state index in [9.17, 15) is 4.79 Å². The average Bonchev–Trinajstić information content (AvgIpc) is 2.92. The molecule has 4 heteroatoms. The maximum absolute atomic E-state index is 11.4. The van der Waals surface area contributed by atoms with E-state index in [0.717, 1.165) is 18.7 Å². The number of rotatable bonds is 4. The van der Waals surface area contributed by atoms with E-state index in [4.69, 9.17) is 11.6 Å². The third kappa shape index (κ3) is 3.16. The highest BCUT2D eigenvalue weighted by Crippen LogP contribution is 2.20. The number of hydrogen-bond donors (Lipinski definition) is 0. The minimum absolute atomic E-state index is 0.0414. The minimum Gasteiger partial charge on any atom is -0.372 e. The van der Waals surface area contributed by atoms with Gasteiger partial charge >= 0.3 is 0 Å². The van der Waals surface area contributed by atoms with Crippen LogP contribution in [-0.2, 0) is 11.3 Å². The molecule has 1 amide bonds. The van der Waals surface area contributed by atoms with E-state index in [2.05, 4.69) is 29.2 Å². The molecule has 1 aliphatic rings. The summed E-state index contributed by atoms with van der Waals surface area (Å²) in [6, 6.07) is 8.46. The van der Waals surface area contributed by atoms with Gasteiger partial charge < -0.3 is 9.80 Å². The van der Waals surface area contributed by atoms with Crippen LogP contribution in [0.25, 0.3) is 0 Å². The number of anilines is 1. The van der Waals surface area contributed by atoms with Crippen LogP contribution in [0.1, 0.15) is 18.4 Å². The summed E-state index contributed by atoms with van der Waals surface area (Å²) >= 11 is 5.53. The SMILES string of the molecule is CN(Cc1ccc(N2CCCC2)cc1)C(=O)CCl. The molecule has 0 N–H and O–H groups in total. The number of halogens is 1. The fraction of sp³-hybridized carbons (Fsp3) is 0.500. The number of hydrogen-bond acceptors (Lipinski definition) is 2. The molecule has 1 aromatic rings. The van der Waals surface area contributed by atoms with E-state index in [-0.39, 0.29) is 11.8 Å². The van der Waals surface area contributed by atoms with Crippen LogP contribution in [0.4, 0.5) is 5.69 Å². The van der Waals surface area contributed by atoms with Crippen LogP contribution in [0, 0.1) is 0 Å². The van der Waals surface area contributed by atoms with Gasteiger partial charge in [0, 0.05) is 32.4 Å². The first-order valence-electron chi connectivity index (χ1n) is 6.34. The molecule has 18 heavy (non-hydrogen) atoms. The molecule has 0 spiro atoms. The van der Waals surface area contributed by atoms with Crippen molar-refractivity contribution in [1.29, 1.82) is 0 Å². The van der Waals surface area contributed by atoms with Gasteiger partial charge in [-0.15, -0.1) is 11.6 Å². The predicted octanol–water partition coefficient (Wildman–Crippen LogP) is 2.48. The molecule has 0 bridgehead atoms. The largest absolute Gasteiger partial charge is 0.372 e. The second-order valence-corrected chi connectivity index (χ2v) is 5.01. The molecular weight excluding hydrogens is 248 g/mol. The lowest BCUT2D eigenvalue weighted by Crippen LogP contribution is -2.27. The van der Waals surface area contributed by atoms with Crippen LogP contribution in [0.3, 0.4) is 0 Å². The first kappa shape index (κ1) is 13.2. The summed E-state index contributed by atoms with van der Waals surface area (Å²) in [6.07, 6.45) is 2.57. The van der Waals surface area contributed by atoms with Crippen molar-refractivity contribution < 1.29 is 4.79 Å². The van der Waals surface area contributed by atoms with Crippen LogP contribution >= 0.6 is 11.6 Å². The highest BCUT2D eigenvalue weighted by Gasteiger charge is 2.12. The number of carbonyl (C=O) groups excluding carboxylic acids is 1. The minimum atomic E-state index is -0.0414. The molecular formula is C14H19ClN2O. The van der Waals surface area contributed by atoms with Gasteiger partial charge in [-0.3, -0.25) is 4.79 Å². The molecule has 3 nitrogen and oxygen atoms in total. The molecule has 0 saturated carbocycles. The highest BCUT2D eigenvalue weighted by atomic mass is 35.5. The molecule has 0 atom stereocenters. The van der Waals surface area contributed by atoms with Crippen LogP contribution in [0.2, 0.25) is 0 Å². The monoisotopic (exact) mass is 266 g/mol. The van der Waals surface area contributed by atoms with Crippen molar-refractivity contribution in [3.8, 4) is 0 Å². The van der Waals surface area contributed by atoms with Crippen LogP contribution < -0.4 is 4.90 Å². The Labute approximate surface area is 113 Å². The molecule has 1 aliphatic heterocycles. The van der Waals surface area contributed by atoms with Crippen molar-refractivity contribution in [1.82, 2.24) is 4.90 Å². The zero-order chi connectivity index (χ0) is 13.0. The maximum atomic E-state index is 11.4. The Morgan fingerprint density at radius 1 is 1.28 bits per heavy atom. The second-order valence-electron chi connectivity index (χ2n) is 4.74. The molecule has 0 aromatic heterocycles. The van der Waals surface area contributed by atoms with E-state index in [1.165, 1.54) is 18.5 Å². The summed E-state index contributed by atoms with van der Waals surface area (Å²) in [7, 11) is 1.78. The summed E-state index contributed by atoms with van der Waals surface area (Å²) in [4.78, 5) is 15.4. The molecule has 98 valence electrons. The van der Waals surface area contributed by atoms with Crippen molar-refractivity contribution in [3.63, 3.8) is 0 Å². The number of carbonyl (C=O) groups is 1. The number of amides is 1. The lowest BCUT2D eigenvalue weighted by Gasteiger charge is -2.19. The Morgan fingerprint density at radius 2 is 1.89 bits per heavy atom. The smallest absolute Gasteiger partial charge is 0.237 e. The van der Waals surface area contributed by atoms with E-state index in [0.29, 0.717) is 6.54 Å². The standard InChI is InChI=1S/C14H19ClN2O/c1-16(14(18)10-15)11-12-4-6-13(7-5-12)17-8-2-3-9-17/h4-7H,2-3,8-11H2,1H3. The van der Waals surface area contributed by atoms with Crippen LogP contribution in [0.15, 0.2) is 24.3 Å². The van der Waals surface area contributed by atoms with E-state index in [1.54, 1.807) is 11.9 Å². The molecule has 0 radical (unpaired) electrons. The molecule has 1 heterocycles. The zero-order valence-corrected chi connectivity index (χ0v) is 11.5. The van der Waals surface area contributed by atoms with Gasteiger partial charge in [0.15, 0.2) is 0 Å². The van der Waals surface area contributed by atoms with Crippen molar-refractivity contribution in [2.75, 3.05) is 30.9 Å².